The number of carbonyl (C=O) groups is 1. The van der Waals surface area contributed by atoms with Crippen LogP contribution in [0.4, 0.5) is 4.79 Å². The number of alkyl carbamates (subject to hydrolysis) is 1. The summed E-state index contributed by atoms with van der Waals surface area (Å²) < 4.78 is 5.13. The van der Waals surface area contributed by atoms with Gasteiger partial charge in [-0.1, -0.05) is 26.7 Å². The molecule has 94 valence electrons. The van der Waals surface area contributed by atoms with Crippen molar-refractivity contribution in [3.63, 3.8) is 0 Å². The van der Waals surface area contributed by atoms with Gasteiger partial charge in [0.25, 0.3) is 0 Å². The Balaban J connectivity index is 2.46. The molecule has 3 nitrogen and oxygen atoms in total. The van der Waals surface area contributed by atoms with Crippen LogP contribution in [0.1, 0.15) is 53.4 Å². The molecule has 2 atom stereocenters. The van der Waals surface area contributed by atoms with Crippen LogP contribution in [0.2, 0.25) is 0 Å². The molecule has 1 fully saturated rings. The van der Waals surface area contributed by atoms with Crippen LogP contribution in [0.5, 0.6) is 0 Å². The normalized spacial score (nSPS) is 25.9. The summed E-state index contributed by atoms with van der Waals surface area (Å²) in [6.07, 6.45) is 4.53. The minimum absolute atomic E-state index is 0.0407. The van der Waals surface area contributed by atoms with Crippen LogP contribution in [0.3, 0.4) is 0 Å². The molecule has 0 aromatic carbocycles. The highest BCUT2D eigenvalue weighted by atomic mass is 16.6. The van der Waals surface area contributed by atoms with Gasteiger partial charge in [0.1, 0.15) is 0 Å². The SMILES string of the molecule is CC(C)OC(=O)NC1CCCCC1C(C)C. The quantitative estimate of drug-likeness (QED) is 0.803. The first-order valence-corrected chi connectivity index (χ1v) is 6.48. The van der Waals surface area contributed by atoms with E-state index >= 15 is 0 Å². The minimum atomic E-state index is -0.257. The van der Waals surface area contributed by atoms with Gasteiger partial charge in [-0.2, -0.15) is 0 Å². The minimum Gasteiger partial charge on any atom is -0.447 e. The second-order valence-corrected chi connectivity index (χ2v) is 5.40. The van der Waals surface area contributed by atoms with Gasteiger partial charge in [0.2, 0.25) is 0 Å². The summed E-state index contributed by atoms with van der Waals surface area (Å²) in [7, 11) is 0. The summed E-state index contributed by atoms with van der Waals surface area (Å²) in [4.78, 5) is 11.6. The Bertz CT molecular complexity index is 226. The van der Waals surface area contributed by atoms with Gasteiger partial charge in [-0.3, -0.25) is 0 Å². The van der Waals surface area contributed by atoms with E-state index in [0.29, 0.717) is 17.9 Å². The number of ether oxygens (including phenoxy) is 1. The van der Waals surface area contributed by atoms with Gasteiger partial charge in [0.05, 0.1) is 6.10 Å². The maximum absolute atomic E-state index is 11.6. The summed E-state index contributed by atoms with van der Waals surface area (Å²) in [5.74, 6) is 1.23. The lowest BCUT2D eigenvalue weighted by Crippen LogP contribution is -2.44. The largest absolute Gasteiger partial charge is 0.447 e. The lowest BCUT2D eigenvalue weighted by molar-refractivity contribution is 0.101. The number of rotatable bonds is 3. The fourth-order valence-corrected chi connectivity index (χ4v) is 2.54. The van der Waals surface area contributed by atoms with E-state index in [4.69, 9.17) is 4.74 Å². The highest BCUT2D eigenvalue weighted by molar-refractivity contribution is 5.67. The highest BCUT2D eigenvalue weighted by Gasteiger charge is 2.29. The summed E-state index contributed by atoms with van der Waals surface area (Å²) in [5, 5.41) is 3.02. The summed E-state index contributed by atoms with van der Waals surface area (Å²) in [5.41, 5.74) is 0. The monoisotopic (exact) mass is 227 g/mol. The number of carbonyl (C=O) groups excluding carboxylic acids is 1. The number of hydrogen-bond donors (Lipinski definition) is 1. The predicted octanol–water partition coefficient (Wildman–Crippen LogP) is 3.34. The standard InChI is InChI=1S/C13H25NO2/c1-9(2)11-7-5-6-8-12(11)14-13(15)16-10(3)4/h9-12H,5-8H2,1-4H3,(H,14,15). The van der Waals surface area contributed by atoms with E-state index in [0.717, 1.165) is 6.42 Å². The maximum atomic E-state index is 11.6. The molecule has 1 N–H and O–H groups in total. The van der Waals surface area contributed by atoms with Crippen LogP contribution in [-0.4, -0.2) is 18.2 Å². The molecule has 16 heavy (non-hydrogen) atoms. The molecule has 1 aliphatic rings. The van der Waals surface area contributed by atoms with Gasteiger partial charge >= 0.3 is 6.09 Å². The Morgan fingerprint density at radius 1 is 1.19 bits per heavy atom. The predicted molar refractivity (Wildman–Crippen MR) is 65.3 cm³/mol. The fourth-order valence-electron chi connectivity index (χ4n) is 2.54. The highest BCUT2D eigenvalue weighted by Crippen LogP contribution is 2.30. The van der Waals surface area contributed by atoms with Gasteiger partial charge in [-0.15, -0.1) is 0 Å². The second kappa shape index (κ2) is 6.12. The average molecular weight is 227 g/mol. The van der Waals surface area contributed by atoms with Crippen molar-refractivity contribution in [2.45, 2.75) is 65.5 Å². The van der Waals surface area contributed by atoms with E-state index in [2.05, 4.69) is 19.2 Å². The van der Waals surface area contributed by atoms with Gasteiger partial charge in [-0.05, 0) is 38.5 Å². The van der Waals surface area contributed by atoms with Crippen molar-refractivity contribution in [3.8, 4) is 0 Å². The van der Waals surface area contributed by atoms with E-state index < -0.39 is 0 Å². The van der Waals surface area contributed by atoms with Crippen LogP contribution in [0.15, 0.2) is 0 Å². The summed E-state index contributed by atoms with van der Waals surface area (Å²) in [6.45, 7) is 8.22. The average Bonchev–Trinajstić information content (AvgIpc) is 2.16. The molecule has 0 heterocycles. The van der Waals surface area contributed by atoms with Crippen molar-refractivity contribution < 1.29 is 9.53 Å². The van der Waals surface area contributed by atoms with Crippen molar-refractivity contribution in [3.05, 3.63) is 0 Å². The molecule has 0 aromatic rings. The van der Waals surface area contributed by atoms with Crippen molar-refractivity contribution >= 4 is 6.09 Å². The van der Waals surface area contributed by atoms with E-state index in [1.54, 1.807) is 0 Å². The molecule has 0 aromatic heterocycles. The van der Waals surface area contributed by atoms with E-state index in [-0.39, 0.29) is 12.2 Å². The van der Waals surface area contributed by atoms with E-state index in [1.807, 2.05) is 13.8 Å². The van der Waals surface area contributed by atoms with Crippen LogP contribution in [-0.2, 0) is 4.74 Å². The maximum Gasteiger partial charge on any atom is 0.407 e. The van der Waals surface area contributed by atoms with Crippen LogP contribution in [0.25, 0.3) is 0 Å². The van der Waals surface area contributed by atoms with E-state index in [1.165, 1.54) is 19.3 Å². The lowest BCUT2D eigenvalue weighted by atomic mass is 9.78. The Hall–Kier alpha value is -0.730. The van der Waals surface area contributed by atoms with Gasteiger partial charge < -0.3 is 10.1 Å². The van der Waals surface area contributed by atoms with E-state index in [9.17, 15) is 4.79 Å². The molecule has 0 radical (unpaired) electrons. The smallest absolute Gasteiger partial charge is 0.407 e. The van der Waals surface area contributed by atoms with Gasteiger partial charge in [0, 0.05) is 6.04 Å². The molecule has 1 saturated carbocycles. The zero-order valence-electron chi connectivity index (χ0n) is 11.0. The van der Waals surface area contributed by atoms with Crippen LogP contribution < -0.4 is 5.32 Å². The molecular weight excluding hydrogens is 202 g/mol. The van der Waals surface area contributed by atoms with Crippen molar-refractivity contribution in [1.82, 2.24) is 5.32 Å². The molecule has 1 rings (SSSR count). The first-order valence-electron chi connectivity index (χ1n) is 6.48. The number of amides is 1. The Labute approximate surface area is 98.9 Å². The fraction of sp³-hybridized carbons (Fsp3) is 0.923. The summed E-state index contributed by atoms with van der Waals surface area (Å²) >= 11 is 0. The topological polar surface area (TPSA) is 38.3 Å². The molecular formula is C13H25NO2. The molecule has 1 aliphatic carbocycles. The first kappa shape index (κ1) is 13.3. The third-order valence-electron chi connectivity index (χ3n) is 3.32. The van der Waals surface area contributed by atoms with Crippen LogP contribution in [0, 0.1) is 11.8 Å². The van der Waals surface area contributed by atoms with Gasteiger partial charge in [-0.25, -0.2) is 4.79 Å². The first-order chi connectivity index (χ1) is 7.50. The third kappa shape index (κ3) is 4.03. The lowest BCUT2D eigenvalue weighted by Gasteiger charge is -2.34. The molecule has 0 saturated heterocycles. The third-order valence-corrected chi connectivity index (χ3v) is 3.32. The number of nitrogens with one attached hydrogen (secondary N) is 1. The molecule has 1 amide bonds. The Kier molecular flexibility index (Phi) is 5.10. The second-order valence-electron chi connectivity index (χ2n) is 5.40. The van der Waals surface area contributed by atoms with Crippen LogP contribution >= 0.6 is 0 Å². The van der Waals surface area contributed by atoms with Crippen molar-refractivity contribution in [2.24, 2.45) is 11.8 Å². The molecule has 3 heteroatoms. The van der Waals surface area contributed by atoms with Crippen molar-refractivity contribution in [1.29, 1.82) is 0 Å². The number of hydrogen-bond acceptors (Lipinski definition) is 2. The molecule has 0 aliphatic heterocycles. The zero-order valence-corrected chi connectivity index (χ0v) is 11.0. The zero-order chi connectivity index (χ0) is 12.1. The van der Waals surface area contributed by atoms with Gasteiger partial charge in [0.15, 0.2) is 0 Å². The summed E-state index contributed by atoms with van der Waals surface area (Å²) in [6, 6.07) is 0.306. The Morgan fingerprint density at radius 2 is 1.81 bits per heavy atom. The molecule has 0 spiro atoms. The molecule has 2 unspecified atom stereocenters. The molecule has 0 bridgehead atoms. The Morgan fingerprint density at radius 3 is 2.38 bits per heavy atom. The van der Waals surface area contributed by atoms with Crippen molar-refractivity contribution in [2.75, 3.05) is 0 Å².